The molecular weight excluding hydrogens is 286 g/mol. The van der Waals surface area contributed by atoms with Gasteiger partial charge in [0.05, 0.1) is 31.8 Å². The van der Waals surface area contributed by atoms with Crippen molar-refractivity contribution in [2.45, 2.75) is 37.5 Å². The molecule has 0 radical (unpaired) electrons. The smallest absolute Gasteiger partial charge is 0.228 e. The quantitative estimate of drug-likeness (QED) is 0.783. The Bertz CT molecular complexity index is 488. The monoisotopic (exact) mass is 307 g/mol. The van der Waals surface area contributed by atoms with Gasteiger partial charge in [0.1, 0.15) is 6.10 Å². The first kappa shape index (κ1) is 14.8. The molecule has 0 unspecified atom stereocenters. The van der Waals surface area contributed by atoms with Crippen LogP contribution in [0.25, 0.3) is 0 Å². The van der Waals surface area contributed by atoms with Crippen molar-refractivity contribution in [1.82, 2.24) is 4.90 Å². The fourth-order valence-corrected chi connectivity index (χ4v) is 3.95. The Morgan fingerprint density at radius 1 is 1.57 bits per heavy atom. The summed E-state index contributed by atoms with van der Waals surface area (Å²) in [7, 11) is 0. The van der Waals surface area contributed by atoms with Gasteiger partial charge in [0.25, 0.3) is 0 Å². The average Bonchev–Trinajstić information content (AvgIpc) is 3.14. The Hall–Kier alpha value is -1.17. The summed E-state index contributed by atoms with van der Waals surface area (Å²) >= 11 is 1.64. The third-order valence-corrected chi connectivity index (χ3v) is 5.07. The molecule has 0 spiro atoms. The van der Waals surface area contributed by atoms with Gasteiger partial charge in [-0.2, -0.15) is 0 Å². The molecule has 0 bridgehead atoms. The first-order valence-electron chi connectivity index (χ1n) is 7.45. The van der Waals surface area contributed by atoms with Crippen LogP contribution in [0.1, 0.15) is 17.7 Å². The van der Waals surface area contributed by atoms with E-state index in [0.29, 0.717) is 26.2 Å². The fraction of sp³-hybridized carbons (Fsp3) is 0.562. The number of nitrogens with zero attached hydrogens (tertiary/aromatic N) is 1. The van der Waals surface area contributed by atoms with Crippen molar-refractivity contribution < 1.29 is 14.3 Å². The lowest BCUT2D eigenvalue weighted by Crippen LogP contribution is -2.54. The van der Waals surface area contributed by atoms with Crippen LogP contribution in [0.15, 0.2) is 30.2 Å². The zero-order chi connectivity index (χ0) is 14.7. The number of fused-ring (bicyclic) bond motifs is 1. The van der Waals surface area contributed by atoms with Crippen LogP contribution < -0.4 is 0 Å². The number of amides is 1. The van der Waals surface area contributed by atoms with E-state index in [1.807, 2.05) is 22.4 Å². The number of carbonyl (C=O) groups is 1. The Labute approximate surface area is 129 Å². The highest BCUT2D eigenvalue weighted by molar-refractivity contribution is 7.10. The predicted octanol–water partition coefficient (Wildman–Crippen LogP) is 2.25. The molecule has 1 aromatic rings. The van der Waals surface area contributed by atoms with Gasteiger partial charge in [-0.1, -0.05) is 12.1 Å². The maximum atomic E-state index is 12.5. The van der Waals surface area contributed by atoms with Gasteiger partial charge in [-0.25, -0.2) is 0 Å². The molecule has 4 nitrogen and oxygen atoms in total. The second-order valence-corrected chi connectivity index (χ2v) is 6.52. The molecule has 0 aromatic carbocycles. The molecule has 21 heavy (non-hydrogen) atoms. The van der Waals surface area contributed by atoms with Crippen LogP contribution in [-0.4, -0.2) is 48.8 Å². The van der Waals surface area contributed by atoms with Gasteiger partial charge >= 0.3 is 0 Å². The van der Waals surface area contributed by atoms with Gasteiger partial charge in [0, 0.05) is 11.4 Å². The maximum absolute atomic E-state index is 12.5. The Morgan fingerprint density at radius 3 is 3.24 bits per heavy atom. The van der Waals surface area contributed by atoms with Crippen LogP contribution in [0.5, 0.6) is 0 Å². The van der Waals surface area contributed by atoms with Crippen molar-refractivity contribution in [2.75, 3.05) is 19.8 Å². The fourth-order valence-electron chi connectivity index (χ4n) is 3.26. The standard InChI is InChI=1S/C16H21NO3S/c1-2-8-19-14-6-5-13-16(14)20-9-7-17(13)15(18)11-12-4-3-10-21-12/h2-4,10,13-14,16H,1,5-9,11H2/t13-,14-,16-/m1/s1. The van der Waals surface area contributed by atoms with Gasteiger partial charge in [-0.3, -0.25) is 4.79 Å². The van der Waals surface area contributed by atoms with Crippen LogP contribution in [0, 0.1) is 0 Å². The topological polar surface area (TPSA) is 38.8 Å². The van der Waals surface area contributed by atoms with E-state index >= 15 is 0 Å². The Kier molecular flexibility index (Phi) is 4.73. The highest BCUT2D eigenvalue weighted by Gasteiger charge is 2.44. The summed E-state index contributed by atoms with van der Waals surface area (Å²) in [5, 5.41) is 2.01. The van der Waals surface area contributed by atoms with Crippen LogP contribution >= 0.6 is 11.3 Å². The maximum Gasteiger partial charge on any atom is 0.228 e. The molecule has 3 atom stereocenters. The van der Waals surface area contributed by atoms with Gasteiger partial charge in [-0.15, -0.1) is 17.9 Å². The number of hydrogen-bond acceptors (Lipinski definition) is 4. The summed E-state index contributed by atoms with van der Waals surface area (Å²) in [5.74, 6) is 0.208. The third kappa shape index (κ3) is 3.20. The molecule has 1 saturated heterocycles. The van der Waals surface area contributed by atoms with Crippen LogP contribution in [0.3, 0.4) is 0 Å². The van der Waals surface area contributed by atoms with E-state index in [1.54, 1.807) is 17.4 Å². The first-order valence-corrected chi connectivity index (χ1v) is 8.33. The van der Waals surface area contributed by atoms with Crippen molar-refractivity contribution in [3.05, 3.63) is 35.0 Å². The SMILES string of the molecule is C=CCO[C@@H]1CC[C@@H]2[C@H]1OCCN2C(=O)Cc1cccs1. The zero-order valence-corrected chi connectivity index (χ0v) is 12.9. The van der Waals surface area contributed by atoms with Gasteiger partial charge in [-0.05, 0) is 24.3 Å². The van der Waals surface area contributed by atoms with Crippen LogP contribution in [0.2, 0.25) is 0 Å². The molecule has 2 aliphatic rings. The number of hydrogen-bond donors (Lipinski definition) is 0. The van der Waals surface area contributed by atoms with Crippen molar-refractivity contribution in [1.29, 1.82) is 0 Å². The normalized spacial score (nSPS) is 28.4. The van der Waals surface area contributed by atoms with Gasteiger partial charge in [0.15, 0.2) is 0 Å². The molecule has 5 heteroatoms. The number of carbonyl (C=O) groups excluding carboxylic acids is 1. The molecule has 3 rings (SSSR count). The number of thiophene rings is 1. The van der Waals surface area contributed by atoms with E-state index in [-0.39, 0.29) is 24.2 Å². The largest absolute Gasteiger partial charge is 0.372 e. The second kappa shape index (κ2) is 6.73. The summed E-state index contributed by atoms with van der Waals surface area (Å²) in [6.07, 6.45) is 4.28. The van der Waals surface area contributed by atoms with E-state index in [0.717, 1.165) is 17.7 Å². The molecule has 1 amide bonds. The minimum absolute atomic E-state index is 0.0194. The summed E-state index contributed by atoms with van der Waals surface area (Å²) in [5.41, 5.74) is 0. The van der Waals surface area contributed by atoms with E-state index in [1.165, 1.54) is 0 Å². The molecule has 2 fully saturated rings. The molecule has 1 aliphatic carbocycles. The molecule has 0 N–H and O–H groups in total. The van der Waals surface area contributed by atoms with Crippen molar-refractivity contribution in [2.24, 2.45) is 0 Å². The highest BCUT2D eigenvalue weighted by atomic mass is 32.1. The molecule has 1 aromatic heterocycles. The zero-order valence-electron chi connectivity index (χ0n) is 12.1. The first-order chi connectivity index (χ1) is 10.3. The van der Waals surface area contributed by atoms with Crippen molar-refractivity contribution in [3.8, 4) is 0 Å². The average molecular weight is 307 g/mol. The lowest BCUT2D eigenvalue weighted by Gasteiger charge is -2.39. The minimum Gasteiger partial charge on any atom is -0.372 e. The lowest BCUT2D eigenvalue weighted by atomic mass is 10.1. The summed E-state index contributed by atoms with van der Waals surface area (Å²) in [6.45, 7) is 5.52. The Morgan fingerprint density at radius 2 is 2.48 bits per heavy atom. The van der Waals surface area contributed by atoms with E-state index < -0.39 is 0 Å². The predicted molar refractivity (Wildman–Crippen MR) is 82.4 cm³/mol. The number of morpholine rings is 1. The molecular formula is C16H21NO3S. The van der Waals surface area contributed by atoms with Gasteiger partial charge in [0.2, 0.25) is 5.91 Å². The van der Waals surface area contributed by atoms with E-state index in [2.05, 4.69) is 6.58 Å². The lowest BCUT2D eigenvalue weighted by molar-refractivity contribution is -0.150. The van der Waals surface area contributed by atoms with Crippen LogP contribution in [0.4, 0.5) is 0 Å². The van der Waals surface area contributed by atoms with Gasteiger partial charge < -0.3 is 14.4 Å². The summed E-state index contributed by atoms with van der Waals surface area (Å²) in [4.78, 5) is 15.7. The number of ether oxygens (including phenoxy) is 2. The van der Waals surface area contributed by atoms with E-state index in [9.17, 15) is 4.79 Å². The van der Waals surface area contributed by atoms with Crippen molar-refractivity contribution >= 4 is 17.2 Å². The van der Waals surface area contributed by atoms with Crippen LogP contribution in [-0.2, 0) is 20.7 Å². The molecule has 1 aliphatic heterocycles. The summed E-state index contributed by atoms with van der Waals surface area (Å²) in [6, 6.07) is 4.18. The van der Waals surface area contributed by atoms with Crippen molar-refractivity contribution in [3.63, 3.8) is 0 Å². The molecule has 1 saturated carbocycles. The highest BCUT2D eigenvalue weighted by Crippen LogP contribution is 2.32. The Balaban J connectivity index is 1.64. The number of rotatable bonds is 5. The minimum atomic E-state index is 0.0194. The third-order valence-electron chi connectivity index (χ3n) is 4.19. The molecule has 2 heterocycles. The van der Waals surface area contributed by atoms with E-state index in [4.69, 9.17) is 9.47 Å². The molecule has 114 valence electrons. The second-order valence-electron chi connectivity index (χ2n) is 5.48. The summed E-state index contributed by atoms with van der Waals surface area (Å²) < 4.78 is 11.7.